The number of hydrogen-bond acceptors (Lipinski definition) is 4. The zero-order valence-electron chi connectivity index (χ0n) is 19.1. The summed E-state index contributed by atoms with van der Waals surface area (Å²) in [4.78, 5) is 11.8. The number of hydrogen-bond donors (Lipinski definition) is 0. The van der Waals surface area contributed by atoms with Gasteiger partial charge in [0.05, 0.1) is 18.3 Å². The first kappa shape index (κ1) is 21.0. The highest BCUT2D eigenvalue weighted by Crippen LogP contribution is 2.61. The summed E-state index contributed by atoms with van der Waals surface area (Å²) in [6.07, 6.45) is 5.80. The van der Waals surface area contributed by atoms with Gasteiger partial charge in [-0.2, -0.15) is 0 Å². The van der Waals surface area contributed by atoms with E-state index in [0.717, 1.165) is 22.8 Å². The Balaban J connectivity index is 1.48. The van der Waals surface area contributed by atoms with Gasteiger partial charge in [-0.05, 0) is 59.3 Å². The average molecular weight is 423 g/mol. The van der Waals surface area contributed by atoms with E-state index in [1.807, 2.05) is 24.3 Å². The topological polar surface area (TPSA) is 44.8 Å². The van der Waals surface area contributed by atoms with Gasteiger partial charge in [0.2, 0.25) is 0 Å². The molecule has 5 rings (SSSR count). The Morgan fingerprint density at radius 1 is 1.06 bits per heavy atom. The highest BCUT2D eigenvalue weighted by Gasteiger charge is 2.56. The van der Waals surface area contributed by atoms with E-state index < -0.39 is 6.29 Å². The zero-order chi connectivity index (χ0) is 21.8. The van der Waals surface area contributed by atoms with Gasteiger partial charge >= 0.3 is 5.97 Å². The lowest BCUT2D eigenvalue weighted by Crippen LogP contribution is -2.57. The van der Waals surface area contributed by atoms with Crippen molar-refractivity contribution in [3.8, 4) is 5.75 Å². The minimum Gasteiger partial charge on any atom is -0.426 e. The maximum Gasteiger partial charge on any atom is 0.308 e. The molecule has 0 amide bonds. The summed E-state index contributed by atoms with van der Waals surface area (Å²) >= 11 is 0. The Kier molecular flexibility index (Phi) is 5.14. The van der Waals surface area contributed by atoms with Crippen molar-refractivity contribution in [3.05, 3.63) is 42.0 Å². The lowest BCUT2D eigenvalue weighted by Gasteiger charge is -2.60. The molecule has 4 heteroatoms. The predicted octanol–water partition coefficient (Wildman–Crippen LogP) is 6.42. The van der Waals surface area contributed by atoms with Gasteiger partial charge in [-0.1, -0.05) is 57.5 Å². The van der Waals surface area contributed by atoms with Crippen molar-refractivity contribution >= 4 is 16.7 Å². The maximum absolute atomic E-state index is 11.8. The second kappa shape index (κ2) is 7.60. The van der Waals surface area contributed by atoms with Crippen LogP contribution in [0.4, 0.5) is 0 Å². The lowest BCUT2D eigenvalue weighted by atomic mass is 9.48. The van der Waals surface area contributed by atoms with Crippen LogP contribution in [-0.2, 0) is 14.3 Å². The second-order valence-electron chi connectivity index (χ2n) is 10.7. The van der Waals surface area contributed by atoms with Crippen LogP contribution in [-0.4, -0.2) is 18.7 Å². The molecule has 1 unspecified atom stereocenters. The molecule has 0 radical (unpaired) electrons. The molecule has 1 heterocycles. The standard InChI is InChI=1S/C27H34O4/c1-17(28)30-22-11-10-18-8-5-6-9-19(18)24(22)25-29-16-20-21(31-25)12-13-23-26(2,3)14-7-15-27(20,23)4/h5-6,8-11,20-21,23,25H,7,12-16H2,1-4H3/t20-,21-,23?,25+,27+/m1/s1. The lowest BCUT2D eigenvalue weighted by molar-refractivity contribution is -0.285. The SMILES string of the molecule is CC(=O)Oc1ccc2ccccc2c1[C@H]1OC[C@@H]2[C@@H](CCC3C(C)(C)CCC[C@]32C)O1. The van der Waals surface area contributed by atoms with Crippen molar-refractivity contribution in [1.82, 2.24) is 0 Å². The highest BCUT2D eigenvalue weighted by atomic mass is 16.7. The minimum absolute atomic E-state index is 0.179. The van der Waals surface area contributed by atoms with Crippen LogP contribution in [0.3, 0.4) is 0 Å². The molecule has 2 aliphatic carbocycles. The smallest absolute Gasteiger partial charge is 0.308 e. The van der Waals surface area contributed by atoms with Crippen LogP contribution in [0.2, 0.25) is 0 Å². The molecule has 3 aliphatic rings. The van der Waals surface area contributed by atoms with E-state index in [-0.39, 0.29) is 17.5 Å². The van der Waals surface area contributed by atoms with E-state index in [0.29, 0.717) is 29.6 Å². The molecule has 4 nitrogen and oxygen atoms in total. The first-order valence-electron chi connectivity index (χ1n) is 11.8. The molecule has 2 aromatic rings. The molecule has 0 N–H and O–H groups in total. The Hall–Kier alpha value is -1.91. The van der Waals surface area contributed by atoms with Crippen LogP contribution in [0.5, 0.6) is 5.75 Å². The Labute approximate surface area is 185 Å². The summed E-state index contributed by atoms with van der Waals surface area (Å²) in [5.74, 6) is 1.33. The van der Waals surface area contributed by atoms with E-state index in [2.05, 4.69) is 32.9 Å². The van der Waals surface area contributed by atoms with Crippen LogP contribution >= 0.6 is 0 Å². The fourth-order valence-corrected chi connectivity index (χ4v) is 7.05. The minimum atomic E-state index is -0.515. The molecule has 1 saturated heterocycles. The van der Waals surface area contributed by atoms with E-state index in [1.54, 1.807) is 0 Å². The van der Waals surface area contributed by atoms with Gasteiger partial charge in [-0.25, -0.2) is 0 Å². The van der Waals surface area contributed by atoms with Gasteiger partial charge in [0.15, 0.2) is 6.29 Å². The van der Waals surface area contributed by atoms with E-state index in [1.165, 1.54) is 32.6 Å². The van der Waals surface area contributed by atoms with Crippen LogP contribution in [0.25, 0.3) is 10.8 Å². The van der Waals surface area contributed by atoms with Crippen LogP contribution in [0.15, 0.2) is 36.4 Å². The Morgan fingerprint density at radius 2 is 1.87 bits per heavy atom. The molecule has 2 aromatic carbocycles. The molecule has 3 fully saturated rings. The van der Waals surface area contributed by atoms with Crippen molar-refractivity contribution in [1.29, 1.82) is 0 Å². The normalized spacial score (nSPS) is 34.6. The number of carbonyl (C=O) groups is 1. The van der Waals surface area contributed by atoms with E-state index in [9.17, 15) is 4.79 Å². The number of esters is 1. The van der Waals surface area contributed by atoms with Crippen molar-refractivity contribution in [2.24, 2.45) is 22.7 Å². The molecule has 0 aromatic heterocycles. The fraction of sp³-hybridized carbons (Fsp3) is 0.593. The number of rotatable bonds is 2. The molecular weight excluding hydrogens is 388 g/mol. The van der Waals surface area contributed by atoms with Crippen molar-refractivity contribution in [3.63, 3.8) is 0 Å². The maximum atomic E-state index is 11.8. The Morgan fingerprint density at radius 3 is 2.68 bits per heavy atom. The molecule has 0 bridgehead atoms. The molecule has 166 valence electrons. The molecular formula is C27H34O4. The number of carbonyl (C=O) groups excluding carboxylic acids is 1. The summed E-state index contributed by atoms with van der Waals surface area (Å²) in [5.41, 5.74) is 1.48. The summed E-state index contributed by atoms with van der Waals surface area (Å²) in [5, 5.41) is 2.11. The van der Waals surface area contributed by atoms with Crippen LogP contribution in [0, 0.1) is 22.7 Å². The van der Waals surface area contributed by atoms with Crippen LogP contribution < -0.4 is 4.74 Å². The summed E-state index contributed by atoms with van der Waals surface area (Å²) in [6, 6.07) is 12.0. The van der Waals surface area contributed by atoms with Crippen LogP contribution in [0.1, 0.15) is 71.7 Å². The summed E-state index contributed by atoms with van der Waals surface area (Å²) in [7, 11) is 0. The third-order valence-corrected chi connectivity index (χ3v) is 8.46. The molecule has 0 spiro atoms. The van der Waals surface area contributed by atoms with Gasteiger partial charge in [-0.3, -0.25) is 4.79 Å². The van der Waals surface area contributed by atoms with Gasteiger partial charge in [-0.15, -0.1) is 0 Å². The third-order valence-electron chi connectivity index (χ3n) is 8.46. The number of ether oxygens (including phenoxy) is 3. The van der Waals surface area contributed by atoms with E-state index >= 15 is 0 Å². The number of benzene rings is 2. The van der Waals surface area contributed by atoms with Gasteiger partial charge in [0, 0.05) is 12.8 Å². The molecule has 1 aliphatic heterocycles. The zero-order valence-corrected chi connectivity index (χ0v) is 19.1. The third kappa shape index (κ3) is 3.48. The first-order chi connectivity index (χ1) is 14.8. The van der Waals surface area contributed by atoms with Crippen molar-refractivity contribution in [2.45, 2.75) is 72.2 Å². The predicted molar refractivity (Wildman–Crippen MR) is 121 cm³/mol. The van der Waals surface area contributed by atoms with Gasteiger partial charge in [0.25, 0.3) is 0 Å². The first-order valence-corrected chi connectivity index (χ1v) is 11.8. The van der Waals surface area contributed by atoms with Gasteiger partial charge in [0.1, 0.15) is 5.75 Å². The van der Waals surface area contributed by atoms with Crippen molar-refractivity contribution in [2.75, 3.05) is 6.61 Å². The molecule has 5 atom stereocenters. The fourth-order valence-electron chi connectivity index (χ4n) is 7.05. The quantitative estimate of drug-likeness (QED) is 0.414. The van der Waals surface area contributed by atoms with E-state index in [4.69, 9.17) is 14.2 Å². The average Bonchev–Trinajstić information content (AvgIpc) is 2.72. The Bertz CT molecular complexity index is 996. The monoisotopic (exact) mass is 422 g/mol. The van der Waals surface area contributed by atoms with Gasteiger partial charge < -0.3 is 14.2 Å². The molecule has 31 heavy (non-hydrogen) atoms. The molecule has 2 saturated carbocycles. The summed E-state index contributed by atoms with van der Waals surface area (Å²) < 4.78 is 18.7. The summed E-state index contributed by atoms with van der Waals surface area (Å²) in [6.45, 7) is 9.50. The van der Waals surface area contributed by atoms with Crippen molar-refractivity contribution < 1.29 is 19.0 Å². The largest absolute Gasteiger partial charge is 0.426 e. The highest BCUT2D eigenvalue weighted by molar-refractivity contribution is 5.89. The number of fused-ring (bicyclic) bond motifs is 4. The second-order valence-corrected chi connectivity index (χ2v) is 10.7.